The molecule has 0 unspecified atom stereocenters. The molecule has 0 amide bonds. The van der Waals surface area contributed by atoms with Crippen molar-refractivity contribution in [2.24, 2.45) is 5.73 Å². The van der Waals surface area contributed by atoms with E-state index in [1.807, 2.05) is 0 Å². The molecule has 1 aromatic carbocycles. The van der Waals surface area contributed by atoms with Gasteiger partial charge in [0.2, 0.25) is 0 Å². The second-order valence-corrected chi connectivity index (χ2v) is 4.68. The lowest BCUT2D eigenvalue weighted by Crippen LogP contribution is -2.11. The minimum Gasteiger partial charge on any atom is -0.506 e. The Morgan fingerprint density at radius 1 is 1.40 bits per heavy atom. The van der Waals surface area contributed by atoms with E-state index in [4.69, 9.17) is 5.73 Å². The highest BCUT2D eigenvalue weighted by atomic mass is 79.9. The summed E-state index contributed by atoms with van der Waals surface area (Å²) in [6.07, 6.45) is 0.205. The third-order valence-corrected chi connectivity index (χ3v) is 2.94. The first-order chi connectivity index (χ1) is 6.56. The number of halogens is 4. The van der Waals surface area contributed by atoms with Crippen molar-refractivity contribution in [2.75, 3.05) is 6.67 Å². The summed E-state index contributed by atoms with van der Waals surface area (Å²) in [6, 6.07) is 2.93. The van der Waals surface area contributed by atoms with E-state index in [1.54, 1.807) is 12.1 Å². The molecule has 0 saturated carbocycles. The minimum absolute atomic E-state index is 0. The SMILES string of the molecule is Cl.N[C@H](CCF)c1cc(Br)cc(Br)c1O. The van der Waals surface area contributed by atoms with Crippen LogP contribution in [0.25, 0.3) is 0 Å². The van der Waals surface area contributed by atoms with E-state index in [0.29, 0.717) is 10.0 Å². The van der Waals surface area contributed by atoms with E-state index in [9.17, 15) is 9.50 Å². The Balaban J connectivity index is 0.00000196. The number of aromatic hydroxyl groups is 1. The number of hydrogen-bond donors (Lipinski definition) is 2. The van der Waals surface area contributed by atoms with E-state index < -0.39 is 12.7 Å². The predicted molar refractivity (Wildman–Crippen MR) is 68.3 cm³/mol. The Bertz CT molecular complexity index is 338. The van der Waals surface area contributed by atoms with Gasteiger partial charge in [-0.1, -0.05) is 15.9 Å². The molecule has 0 radical (unpaired) electrons. The van der Waals surface area contributed by atoms with Crippen molar-refractivity contribution in [3.8, 4) is 5.75 Å². The molecule has 0 aliphatic heterocycles. The standard InChI is InChI=1S/C9H10Br2FNO.ClH/c10-5-3-6(8(13)1-2-12)9(14)7(11)4-5;/h3-4,8,14H,1-2,13H2;1H/t8-;/m1./s1. The summed E-state index contributed by atoms with van der Waals surface area (Å²) < 4.78 is 13.4. The molecule has 0 spiro atoms. The van der Waals surface area contributed by atoms with Crippen molar-refractivity contribution in [3.63, 3.8) is 0 Å². The van der Waals surface area contributed by atoms with Gasteiger partial charge in [0.1, 0.15) is 5.75 Å². The highest BCUT2D eigenvalue weighted by Gasteiger charge is 2.14. The lowest BCUT2D eigenvalue weighted by molar-refractivity contribution is 0.423. The van der Waals surface area contributed by atoms with Crippen molar-refractivity contribution < 1.29 is 9.50 Å². The third-order valence-electron chi connectivity index (χ3n) is 1.88. The van der Waals surface area contributed by atoms with Crippen LogP contribution in [0.3, 0.4) is 0 Å². The number of phenolic OH excluding ortho intramolecular Hbond substituents is 1. The van der Waals surface area contributed by atoms with Crippen molar-refractivity contribution in [1.29, 1.82) is 0 Å². The Morgan fingerprint density at radius 3 is 2.53 bits per heavy atom. The first kappa shape index (κ1) is 15.2. The maximum absolute atomic E-state index is 12.1. The lowest BCUT2D eigenvalue weighted by atomic mass is 10.0. The van der Waals surface area contributed by atoms with Crippen LogP contribution in [0, 0.1) is 0 Å². The summed E-state index contributed by atoms with van der Waals surface area (Å²) >= 11 is 6.46. The number of rotatable bonds is 3. The van der Waals surface area contributed by atoms with Gasteiger partial charge in [-0.3, -0.25) is 4.39 Å². The molecule has 3 N–H and O–H groups in total. The highest BCUT2D eigenvalue weighted by Crippen LogP contribution is 2.35. The van der Waals surface area contributed by atoms with Crippen LogP contribution in [0.2, 0.25) is 0 Å². The van der Waals surface area contributed by atoms with E-state index in [2.05, 4.69) is 31.9 Å². The second kappa shape index (κ2) is 6.68. The normalized spacial score (nSPS) is 12.0. The van der Waals surface area contributed by atoms with Crippen LogP contribution in [0.15, 0.2) is 21.1 Å². The average Bonchev–Trinajstić information content (AvgIpc) is 2.11. The molecule has 0 heterocycles. The Hall–Kier alpha value is 0.160. The van der Waals surface area contributed by atoms with Gasteiger partial charge in [-0.05, 0) is 34.5 Å². The van der Waals surface area contributed by atoms with Crippen molar-refractivity contribution in [1.82, 2.24) is 0 Å². The summed E-state index contributed by atoms with van der Waals surface area (Å²) in [5.74, 6) is 0.0779. The van der Waals surface area contributed by atoms with Crippen LogP contribution >= 0.6 is 44.3 Å². The molecule has 6 heteroatoms. The Morgan fingerprint density at radius 2 is 2.00 bits per heavy atom. The summed E-state index contributed by atoms with van der Waals surface area (Å²) in [5.41, 5.74) is 6.25. The molecule has 2 nitrogen and oxygen atoms in total. The van der Waals surface area contributed by atoms with Gasteiger partial charge in [-0.15, -0.1) is 12.4 Å². The minimum atomic E-state index is -0.495. The van der Waals surface area contributed by atoms with Crippen molar-refractivity contribution in [2.45, 2.75) is 12.5 Å². The Kier molecular flexibility index (Phi) is 6.75. The maximum atomic E-state index is 12.1. The van der Waals surface area contributed by atoms with Crippen LogP contribution in [0.5, 0.6) is 5.75 Å². The smallest absolute Gasteiger partial charge is 0.134 e. The van der Waals surface area contributed by atoms with Gasteiger partial charge in [-0.25, -0.2) is 0 Å². The molecule has 1 atom stereocenters. The van der Waals surface area contributed by atoms with Crippen molar-refractivity contribution >= 4 is 44.3 Å². The molecule has 0 aliphatic carbocycles. The number of benzene rings is 1. The fraction of sp³-hybridized carbons (Fsp3) is 0.333. The summed E-state index contributed by atoms with van der Waals surface area (Å²) in [6.45, 7) is -0.495. The van der Waals surface area contributed by atoms with Gasteiger partial charge in [0.05, 0.1) is 11.1 Å². The molecule has 0 saturated heterocycles. The molecule has 0 aromatic heterocycles. The first-order valence-electron chi connectivity index (χ1n) is 4.05. The van der Waals surface area contributed by atoms with Crippen LogP contribution in [-0.4, -0.2) is 11.8 Å². The van der Waals surface area contributed by atoms with Crippen LogP contribution in [-0.2, 0) is 0 Å². The maximum Gasteiger partial charge on any atom is 0.134 e. The van der Waals surface area contributed by atoms with E-state index >= 15 is 0 Å². The van der Waals surface area contributed by atoms with Crippen LogP contribution in [0.1, 0.15) is 18.0 Å². The highest BCUT2D eigenvalue weighted by molar-refractivity contribution is 9.11. The molecule has 1 aromatic rings. The molecule has 1 rings (SSSR count). The molecule has 15 heavy (non-hydrogen) atoms. The van der Waals surface area contributed by atoms with E-state index in [0.717, 1.165) is 4.47 Å². The van der Waals surface area contributed by atoms with Gasteiger partial charge in [-0.2, -0.15) is 0 Å². The molecule has 86 valence electrons. The van der Waals surface area contributed by atoms with Gasteiger partial charge in [0, 0.05) is 16.1 Å². The topological polar surface area (TPSA) is 46.2 Å². The monoisotopic (exact) mass is 361 g/mol. The predicted octanol–water partition coefficient (Wildman–Crippen LogP) is 3.70. The number of phenols is 1. The zero-order valence-electron chi connectivity index (χ0n) is 7.71. The quantitative estimate of drug-likeness (QED) is 0.860. The van der Waals surface area contributed by atoms with E-state index in [-0.39, 0.29) is 24.6 Å². The van der Waals surface area contributed by atoms with Gasteiger partial charge < -0.3 is 10.8 Å². The average molecular weight is 363 g/mol. The molecule has 0 bridgehead atoms. The molecule has 0 aliphatic rings. The van der Waals surface area contributed by atoms with Gasteiger partial charge >= 0.3 is 0 Å². The second-order valence-electron chi connectivity index (χ2n) is 2.91. The summed E-state index contributed by atoms with van der Waals surface area (Å²) in [4.78, 5) is 0. The van der Waals surface area contributed by atoms with Crippen molar-refractivity contribution in [3.05, 3.63) is 26.6 Å². The zero-order valence-corrected chi connectivity index (χ0v) is 11.7. The zero-order chi connectivity index (χ0) is 10.7. The molecular weight excluding hydrogens is 352 g/mol. The van der Waals surface area contributed by atoms with E-state index in [1.165, 1.54) is 0 Å². The fourth-order valence-corrected chi connectivity index (χ4v) is 2.40. The van der Waals surface area contributed by atoms with Gasteiger partial charge in [0.15, 0.2) is 0 Å². The molecular formula is C9H11Br2ClFNO. The molecule has 0 fully saturated rings. The fourth-order valence-electron chi connectivity index (χ4n) is 1.14. The van der Waals surface area contributed by atoms with Crippen LogP contribution in [0.4, 0.5) is 4.39 Å². The third kappa shape index (κ3) is 3.90. The number of alkyl halides is 1. The van der Waals surface area contributed by atoms with Crippen LogP contribution < -0.4 is 5.73 Å². The summed E-state index contributed by atoms with van der Waals surface area (Å²) in [5, 5.41) is 9.65. The number of nitrogens with two attached hydrogens (primary N) is 1. The lowest BCUT2D eigenvalue weighted by Gasteiger charge is -2.13. The number of hydrogen-bond acceptors (Lipinski definition) is 2. The van der Waals surface area contributed by atoms with Gasteiger partial charge in [0.25, 0.3) is 0 Å². The Labute approximate surface area is 111 Å². The largest absolute Gasteiger partial charge is 0.506 e. The first-order valence-corrected chi connectivity index (χ1v) is 5.64. The summed E-state index contributed by atoms with van der Waals surface area (Å²) in [7, 11) is 0.